The van der Waals surface area contributed by atoms with Crippen molar-refractivity contribution in [2.75, 3.05) is 5.32 Å². The normalized spacial score (nSPS) is 22.5. The molecule has 0 radical (unpaired) electrons. The predicted molar refractivity (Wildman–Crippen MR) is 100 cm³/mol. The summed E-state index contributed by atoms with van der Waals surface area (Å²) in [5.41, 5.74) is 4.94. The van der Waals surface area contributed by atoms with Crippen molar-refractivity contribution in [3.05, 3.63) is 102 Å². The van der Waals surface area contributed by atoms with Crippen LogP contribution in [-0.4, -0.2) is 5.66 Å². The molecule has 2 heteroatoms. The van der Waals surface area contributed by atoms with Crippen molar-refractivity contribution < 1.29 is 0 Å². The van der Waals surface area contributed by atoms with E-state index in [2.05, 4.69) is 102 Å². The van der Waals surface area contributed by atoms with Gasteiger partial charge in [0, 0.05) is 12.1 Å². The molecular weight excluding hydrogens is 292 g/mol. The fourth-order valence-corrected chi connectivity index (χ4v) is 3.60. The standard InChI is InChI=1S/C22H22N2/c1-22(16-17-10-4-2-5-11-17)23-20-15-9-8-14-19(20)21(24-22)18-12-6-3-7-13-18/h2-15,21,23-24H,16H2,1H3/t21-,22-/m1/s1. The molecule has 0 bridgehead atoms. The molecule has 3 aromatic carbocycles. The monoisotopic (exact) mass is 314 g/mol. The van der Waals surface area contributed by atoms with Crippen LogP contribution in [0.25, 0.3) is 0 Å². The van der Waals surface area contributed by atoms with Gasteiger partial charge in [0.05, 0.1) is 11.7 Å². The Labute approximate surface area is 143 Å². The van der Waals surface area contributed by atoms with Crippen LogP contribution in [0, 0.1) is 0 Å². The molecule has 0 aromatic heterocycles. The van der Waals surface area contributed by atoms with Crippen LogP contribution in [0.3, 0.4) is 0 Å². The lowest BCUT2D eigenvalue weighted by atomic mass is 9.89. The van der Waals surface area contributed by atoms with Gasteiger partial charge in [-0.05, 0) is 29.7 Å². The van der Waals surface area contributed by atoms with Gasteiger partial charge in [0.25, 0.3) is 0 Å². The molecule has 0 spiro atoms. The lowest BCUT2D eigenvalue weighted by Gasteiger charge is -2.43. The second-order valence-corrected chi connectivity index (χ2v) is 6.69. The van der Waals surface area contributed by atoms with Crippen LogP contribution in [0.15, 0.2) is 84.9 Å². The molecule has 120 valence electrons. The number of rotatable bonds is 3. The maximum Gasteiger partial charge on any atom is 0.0901 e. The second-order valence-electron chi connectivity index (χ2n) is 6.69. The third-order valence-corrected chi connectivity index (χ3v) is 4.68. The van der Waals surface area contributed by atoms with Crippen molar-refractivity contribution >= 4 is 5.69 Å². The first kappa shape index (κ1) is 15.0. The Bertz CT molecular complexity index is 814. The van der Waals surface area contributed by atoms with Gasteiger partial charge in [0.15, 0.2) is 0 Å². The van der Waals surface area contributed by atoms with Crippen LogP contribution in [0.2, 0.25) is 0 Å². The average Bonchev–Trinajstić information content (AvgIpc) is 2.62. The zero-order chi connectivity index (χ0) is 16.4. The van der Waals surface area contributed by atoms with Gasteiger partial charge in [0.1, 0.15) is 0 Å². The number of anilines is 1. The topological polar surface area (TPSA) is 24.1 Å². The number of benzene rings is 3. The lowest BCUT2D eigenvalue weighted by molar-refractivity contribution is 0.354. The van der Waals surface area contributed by atoms with Gasteiger partial charge in [-0.15, -0.1) is 0 Å². The smallest absolute Gasteiger partial charge is 0.0901 e. The summed E-state index contributed by atoms with van der Waals surface area (Å²) in [6.07, 6.45) is 0.922. The highest BCUT2D eigenvalue weighted by molar-refractivity contribution is 5.59. The van der Waals surface area contributed by atoms with E-state index in [1.54, 1.807) is 0 Å². The van der Waals surface area contributed by atoms with Gasteiger partial charge in [-0.3, -0.25) is 5.32 Å². The highest BCUT2D eigenvalue weighted by Crippen LogP contribution is 2.36. The lowest BCUT2D eigenvalue weighted by Crippen LogP contribution is -2.55. The first-order valence-corrected chi connectivity index (χ1v) is 8.47. The Hall–Kier alpha value is -2.58. The summed E-state index contributed by atoms with van der Waals surface area (Å²) in [6.45, 7) is 2.24. The SMILES string of the molecule is C[C@@]1(Cc2ccccc2)Nc2ccccc2[C@@H](c2ccccc2)N1. The highest BCUT2D eigenvalue weighted by Gasteiger charge is 2.34. The second kappa shape index (κ2) is 6.14. The number of fused-ring (bicyclic) bond motifs is 1. The van der Waals surface area contributed by atoms with E-state index in [1.807, 2.05) is 0 Å². The molecule has 0 unspecified atom stereocenters. The maximum atomic E-state index is 3.84. The fourth-order valence-electron chi connectivity index (χ4n) is 3.60. The molecule has 2 atom stereocenters. The van der Waals surface area contributed by atoms with Crippen molar-refractivity contribution in [2.24, 2.45) is 0 Å². The molecule has 4 rings (SSSR count). The van der Waals surface area contributed by atoms with E-state index >= 15 is 0 Å². The number of hydrogen-bond acceptors (Lipinski definition) is 2. The first-order chi connectivity index (χ1) is 11.7. The number of hydrogen-bond donors (Lipinski definition) is 2. The van der Waals surface area contributed by atoms with E-state index < -0.39 is 0 Å². The summed E-state index contributed by atoms with van der Waals surface area (Å²) >= 11 is 0. The predicted octanol–water partition coefficient (Wildman–Crippen LogP) is 4.75. The van der Waals surface area contributed by atoms with Crippen molar-refractivity contribution in [1.29, 1.82) is 0 Å². The van der Waals surface area contributed by atoms with E-state index in [0.29, 0.717) is 0 Å². The van der Waals surface area contributed by atoms with E-state index in [1.165, 1.54) is 22.4 Å². The van der Waals surface area contributed by atoms with Crippen molar-refractivity contribution in [3.63, 3.8) is 0 Å². The Morgan fingerprint density at radius 1 is 0.792 bits per heavy atom. The first-order valence-electron chi connectivity index (χ1n) is 8.47. The molecule has 2 nitrogen and oxygen atoms in total. The van der Waals surface area contributed by atoms with Gasteiger partial charge in [-0.1, -0.05) is 78.9 Å². The average molecular weight is 314 g/mol. The Kier molecular flexibility index (Phi) is 3.83. The minimum Gasteiger partial charge on any atom is -0.367 e. The van der Waals surface area contributed by atoms with Crippen molar-refractivity contribution in [1.82, 2.24) is 5.32 Å². The summed E-state index contributed by atoms with van der Waals surface area (Å²) < 4.78 is 0. The molecule has 1 heterocycles. The molecule has 3 aromatic rings. The summed E-state index contributed by atoms with van der Waals surface area (Å²) in [4.78, 5) is 0. The van der Waals surface area contributed by atoms with Crippen LogP contribution < -0.4 is 10.6 Å². The van der Waals surface area contributed by atoms with Crippen molar-refractivity contribution in [2.45, 2.75) is 25.0 Å². The molecule has 0 amide bonds. The third-order valence-electron chi connectivity index (χ3n) is 4.68. The van der Waals surface area contributed by atoms with Crippen LogP contribution in [0.1, 0.15) is 29.7 Å². The third kappa shape index (κ3) is 2.93. The Morgan fingerprint density at radius 2 is 1.42 bits per heavy atom. The minimum atomic E-state index is -0.198. The van der Waals surface area contributed by atoms with Crippen molar-refractivity contribution in [3.8, 4) is 0 Å². The zero-order valence-electron chi connectivity index (χ0n) is 13.9. The molecule has 0 saturated carbocycles. The highest BCUT2D eigenvalue weighted by atomic mass is 15.2. The Balaban J connectivity index is 1.72. The van der Waals surface area contributed by atoms with Gasteiger partial charge in [0.2, 0.25) is 0 Å². The Morgan fingerprint density at radius 3 is 2.17 bits per heavy atom. The van der Waals surface area contributed by atoms with E-state index in [9.17, 15) is 0 Å². The molecule has 0 saturated heterocycles. The molecule has 0 aliphatic carbocycles. The minimum absolute atomic E-state index is 0.192. The summed E-state index contributed by atoms with van der Waals surface area (Å²) in [7, 11) is 0. The van der Waals surface area contributed by atoms with Crippen LogP contribution in [0.4, 0.5) is 5.69 Å². The molecule has 0 fully saturated rings. The van der Waals surface area contributed by atoms with E-state index in [-0.39, 0.29) is 11.7 Å². The molecule has 1 aliphatic rings. The van der Waals surface area contributed by atoms with Gasteiger partial charge < -0.3 is 5.32 Å². The van der Waals surface area contributed by atoms with Crippen LogP contribution >= 0.6 is 0 Å². The van der Waals surface area contributed by atoms with E-state index in [4.69, 9.17) is 0 Å². The fraction of sp³-hybridized carbons (Fsp3) is 0.182. The molecule has 1 aliphatic heterocycles. The maximum absolute atomic E-state index is 3.84. The number of para-hydroxylation sites is 1. The largest absolute Gasteiger partial charge is 0.367 e. The summed E-state index contributed by atoms with van der Waals surface area (Å²) in [5.74, 6) is 0. The zero-order valence-corrected chi connectivity index (χ0v) is 13.9. The summed E-state index contributed by atoms with van der Waals surface area (Å²) in [5, 5.41) is 7.55. The number of nitrogens with one attached hydrogen (secondary N) is 2. The molecule has 2 N–H and O–H groups in total. The van der Waals surface area contributed by atoms with E-state index in [0.717, 1.165) is 6.42 Å². The van der Waals surface area contributed by atoms with Gasteiger partial charge >= 0.3 is 0 Å². The van der Waals surface area contributed by atoms with Crippen LogP contribution in [0.5, 0.6) is 0 Å². The van der Waals surface area contributed by atoms with Gasteiger partial charge in [-0.2, -0.15) is 0 Å². The molecule has 24 heavy (non-hydrogen) atoms. The molecular formula is C22H22N2. The van der Waals surface area contributed by atoms with Crippen LogP contribution in [-0.2, 0) is 6.42 Å². The van der Waals surface area contributed by atoms with Gasteiger partial charge in [-0.25, -0.2) is 0 Å². The quantitative estimate of drug-likeness (QED) is 0.729. The summed E-state index contributed by atoms with van der Waals surface area (Å²) in [6, 6.07) is 30.1.